The second-order valence-electron chi connectivity index (χ2n) is 8.89. The van der Waals surface area contributed by atoms with Crippen molar-refractivity contribution in [2.24, 2.45) is 17.8 Å². The summed E-state index contributed by atoms with van der Waals surface area (Å²) in [6.07, 6.45) is 5.98. The maximum atomic E-state index is 11.7. The molecule has 0 spiro atoms. The zero-order chi connectivity index (χ0) is 23.2. The van der Waals surface area contributed by atoms with Gasteiger partial charge < -0.3 is 9.64 Å². The molecule has 2 aliphatic rings. The molecule has 1 unspecified atom stereocenters. The van der Waals surface area contributed by atoms with Crippen LogP contribution >= 0.6 is 11.6 Å². The lowest BCUT2D eigenvalue weighted by Gasteiger charge is -2.20. The molecule has 2 heterocycles. The Morgan fingerprint density at radius 3 is 2.24 bits per heavy atom. The van der Waals surface area contributed by atoms with Gasteiger partial charge in [0.25, 0.3) is 0 Å². The van der Waals surface area contributed by atoms with E-state index in [9.17, 15) is 8.42 Å². The quantitative estimate of drug-likeness (QED) is 0.492. The van der Waals surface area contributed by atoms with Crippen molar-refractivity contribution >= 4 is 27.4 Å². The Morgan fingerprint density at radius 1 is 1.03 bits per heavy atom. The molecule has 6 nitrogen and oxygen atoms in total. The largest absolute Gasteiger partial charge is 0.492 e. The van der Waals surface area contributed by atoms with Crippen LogP contribution in [0.5, 0.6) is 5.75 Å². The van der Waals surface area contributed by atoms with Crippen molar-refractivity contribution < 1.29 is 13.2 Å². The molecule has 0 N–H and O–H groups in total. The summed E-state index contributed by atoms with van der Waals surface area (Å²) in [5.41, 5.74) is 2.98. The van der Waals surface area contributed by atoms with E-state index in [0.29, 0.717) is 40.0 Å². The molecule has 1 saturated heterocycles. The van der Waals surface area contributed by atoms with Gasteiger partial charge in [0.1, 0.15) is 5.75 Å². The SMILES string of the molecule is CCc1cnc(N2C[C@@H]3C(COc4ccc(-c5ccc(S(C)(=O)=O)cc5)cc4Cl)[C@@H]3C2)nc1. The van der Waals surface area contributed by atoms with Gasteiger partial charge >= 0.3 is 0 Å². The van der Waals surface area contributed by atoms with Gasteiger partial charge in [-0.05, 0) is 59.2 Å². The molecule has 2 fully saturated rings. The first kappa shape index (κ1) is 22.2. The lowest BCUT2D eigenvalue weighted by Crippen LogP contribution is -2.27. The topological polar surface area (TPSA) is 72.4 Å². The van der Waals surface area contributed by atoms with E-state index in [4.69, 9.17) is 16.3 Å². The van der Waals surface area contributed by atoms with Crippen LogP contribution in [0.3, 0.4) is 0 Å². The number of piperidine rings is 1. The average Bonchev–Trinajstić information content (AvgIpc) is 3.26. The van der Waals surface area contributed by atoms with Crippen molar-refractivity contribution in [2.75, 3.05) is 30.9 Å². The molecule has 1 aliphatic carbocycles. The van der Waals surface area contributed by atoms with Gasteiger partial charge in [-0.2, -0.15) is 0 Å². The highest BCUT2D eigenvalue weighted by atomic mass is 35.5. The van der Waals surface area contributed by atoms with Gasteiger partial charge in [-0.15, -0.1) is 0 Å². The van der Waals surface area contributed by atoms with Gasteiger partial charge in [0.2, 0.25) is 5.95 Å². The van der Waals surface area contributed by atoms with Gasteiger partial charge in [-0.25, -0.2) is 18.4 Å². The van der Waals surface area contributed by atoms with Crippen LogP contribution in [-0.4, -0.2) is 44.3 Å². The summed E-state index contributed by atoms with van der Waals surface area (Å²) in [6.45, 7) is 4.70. The van der Waals surface area contributed by atoms with Gasteiger partial charge in [0.15, 0.2) is 9.84 Å². The van der Waals surface area contributed by atoms with E-state index in [1.165, 1.54) is 6.26 Å². The van der Waals surface area contributed by atoms with Gasteiger partial charge in [0.05, 0.1) is 16.5 Å². The fraction of sp³-hybridized carbons (Fsp3) is 0.360. The fourth-order valence-corrected chi connectivity index (χ4v) is 5.50. The number of halogens is 1. The number of fused-ring (bicyclic) bond motifs is 1. The number of benzene rings is 2. The molecular weight excluding hydrogens is 458 g/mol. The zero-order valence-electron chi connectivity index (χ0n) is 18.6. The highest BCUT2D eigenvalue weighted by molar-refractivity contribution is 7.90. The van der Waals surface area contributed by atoms with Crippen LogP contribution in [0.15, 0.2) is 59.8 Å². The summed E-state index contributed by atoms with van der Waals surface area (Å²) in [6, 6.07) is 12.5. The van der Waals surface area contributed by atoms with Crippen LogP contribution in [-0.2, 0) is 16.3 Å². The predicted molar refractivity (Wildman–Crippen MR) is 130 cm³/mol. The summed E-state index contributed by atoms with van der Waals surface area (Å²) >= 11 is 6.49. The van der Waals surface area contributed by atoms with E-state index in [1.807, 2.05) is 30.6 Å². The highest BCUT2D eigenvalue weighted by Crippen LogP contribution is 2.52. The molecule has 5 rings (SSSR count). The maximum absolute atomic E-state index is 11.7. The minimum absolute atomic E-state index is 0.301. The number of anilines is 1. The van der Waals surface area contributed by atoms with Crippen LogP contribution in [0, 0.1) is 17.8 Å². The summed E-state index contributed by atoms with van der Waals surface area (Å²) < 4.78 is 29.4. The second-order valence-corrected chi connectivity index (χ2v) is 11.3. The second kappa shape index (κ2) is 8.61. The molecule has 1 aliphatic heterocycles. The summed E-state index contributed by atoms with van der Waals surface area (Å²) in [4.78, 5) is 11.6. The molecule has 1 saturated carbocycles. The number of rotatable bonds is 7. The van der Waals surface area contributed by atoms with Crippen molar-refractivity contribution in [1.29, 1.82) is 0 Å². The van der Waals surface area contributed by atoms with Crippen molar-refractivity contribution in [1.82, 2.24) is 9.97 Å². The fourth-order valence-electron chi connectivity index (χ4n) is 4.63. The molecule has 3 atom stereocenters. The maximum Gasteiger partial charge on any atom is 0.225 e. The van der Waals surface area contributed by atoms with E-state index in [-0.39, 0.29) is 0 Å². The van der Waals surface area contributed by atoms with Gasteiger partial charge in [-0.1, -0.05) is 36.7 Å². The van der Waals surface area contributed by atoms with Gasteiger partial charge in [0, 0.05) is 37.7 Å². The number of aromatic nitrogens is 2. The molecule has 33 heavy (non-hydrogen) atoms. The Kier molecular flexibility index (Phi) is 5.79. The van der Waals surface area contributed by atoms with E-state index < -0.39 is 9.84 Å². The highest BCUT2D eigenvalue weighted by Gasteiger charge is 2.56. The molecule has 3 aromatic rings. The molecule has 1 aromatic heterocycles. The van der Waals surface area contributed by atoms with E-state index >= 15 is 0 Å². The van der Waals surface area contributed by atoms with Crippen LogP contribution in [0.25, 0.3) is 11.1 Å². The number of nitrogens with zero attached hydrogens (tertiary/aromatic N) is 3. The van der Waals surface area contributed by atoms with E-state index in [1.54, 1.807) is 24.3 Å². The van der Waals surface area contributed by atoms with Crippen LogP contribution in [0.4, 0.5) is 5.95 Å². The van der Waals surface area contributed by atoms with Crippen molar-refractivity contribution in [3.8, 4) is 16.9 Å². The summed E-state index contributed by atoms with van der Waals surface area (Å²) in [5.74, 6) is 3.27. The molecule has 0 bridgehead atoms. The van der Waals surface area contributed by atoms with Crippen molar-refractivity contribution in [3.63, 3.8) is 0 Å². The number of hydrogen-bond acceptors (Lipinski definition) is 6. The minimum Gasteiger partial charge on any atom is -0.492 e. The van der Waals surface area contributed by atoms with Crippen LogP contribution in [0.1, 0.15) is 12.5 Å². The lowest BCUT2D eigenvalue weighted by molar-refractivity contribution is 0.283. The Morgan fingerprint density at radius 2 is 1.67 bits per heavy atom. The number of aryl methyl sites for hydroxylation is 1. The molecule has 2 aromatic carbocycles. The van der Waals surface area contributed by atoms with E-state index in [0.717, 1.165) is 42.1 Å². The van der Waals surface area contributed by atoms with Gasteiger partial charge in [-0.3, -0.25) is 0 Å². The Labute approximate surface area is 199 Å². The van der Waals surface area contributed by atoms with Crippen molar-refractivity contribution in [2.45, 2.75) is 18.2 Å². The standard InChI is InChI=1S/C25H26ClN3O3S/c1-3-16-11-27-25(28-12-16)29-13-20-21(14-29)22(20)15-32-24-9-6-18(10-23(24)26)17-4-7-19(8-5-17)33(2,30)31/h4-12,20-22H,3,13-15H2,1-2H3/t20-,21+,22?. The summed E-state index contributed by atoms with van der Waals surface area (Å²) in [7, 11) is -3.21. The zero-order valence-corrected chi connectivity index (χ0v) is 20.2. The predicted octanol–water partition coefficient (Wildman–Crippen LogP) is 4.52. The molecule has 0 radical (unpaired) electrons. The van der Waals surface area contributed by atoms with Crippen molar-refractivity contribution in [3.05, 3.63) is 65.4 Å². The Bertz CT molecular complexity index is 1250. The first-order chi connectivity index (χ1) is 15.8. The third-order valence-corrected chi connectivity index (χ3v) is 8.16. The lowest BCUT2D eigenvalue weighted by atomic mass is 10.1. The first-order valence-electron chi connectivity index (χ1n) is 11.1. The summed E-state index contributed by atoms with van der Waals surface area (Å²) in [5, 5.41) is 0.552. The average molecular weight is 484 g/mol. The molecular formula is C25H26ClN3O3S. The number of sulfone groups is 1. The number of hydrogen-bond donors (Lipinski definition) is 0. The molecule has 0 amide bonds. The molecule has 172 valence electrons. The third kappa shape index (κ3) is 4.57. The molecule has 8 heteroatoms. The Balaban J connectivity index is 1.16. The number of ether oxygens (including phenoxy) is 1. The Hall–Kier alpha value is -2.64. The van der Waals surface area contributed by atoms with Crippen LogP contribution < -0.4 is 9.64 Å². The third-order valence-electron chi connectivity index (χ3n) is 6.73. The minimum atomic E-state index is -3.21. The first-order valence-corrected chi connectivity index (χ1v) is 13.4. The van der Waals surface area contributed by atoms with E-state index in [2.05, 4.69) is 21.8 Å². The monoisotopic (exact) mass is 483 g/mol. The normalized spacial score (nSPS) is 21.7. The smallest absolute Gasteiger partial charge is 0.225 e. The van der Waals surface area contributed by atoms with Crippen LogP contribution in [0.2, 0.25) is 5.02 Å².